The molecule has 0 saturated carbocycles. The van der Waals surface area contributed by atoms with Gasteiger partial charge in [0.1, 0.15) is 16.5 Å². The van der Waals surface area contributed by atoms with Gasteiger partial charge in [0.25, 0.3) is 0 Å². The van der Waals surface area contributed by atoms with E-state index in [1.807, 2.05) is 4.98 Å². The second-order valence-electron chi connectivity index (χ2n) is 4.18. The second-order valence-corrected chi connectivity index (χ2v) is 6.14. The molecule has 0 atom stereocenters. The van der Waals surface area contributed by atoms with Crippen molar-refractivity contribution in [3.63, 3.8) is 0 Å². The molecule has 1 aromatic heterocycles. The van der Waals surface area contributed by atoms with Gasteiger partial charge in [0.2, 0.25) is 5.82 Å². The zero-order valence-electron chi connectivity index (χ0n) is 10.3. The summed E-state index contributed by atoms with van der Waals surface area (Å²) in [5, 5.41) is 0. The van der Waals surface area contributed by atoms with E-state index < -0.39 is 38.4 Å². The average Bonchev–Trinajstić information content (AvgIpc) is 2.74. The molecular weight excluding hydrogens is 319 g/mol. The molecule has 0 amide bonds. The molecule has 21 heavy (non-hydrogen) atoms. The van der Waals surface area contributed by atoms with Crippen LogP contribution in [0.4, 0.5) is 22.0 Å². The van der Waals surface area contributed by atoms with Crippen LogP contribution < -0.4 is 0 Å². The van der Waals surface area contributed by atoms with Crippen LogP contribution in [0.2, 0.25) is 0 Å². The number of rotatable bonds is 2. The molecule has 1 heterocycles. The molecule has 114 valence electrons. The zero-order valence-corrected chi connectivity index (χ0v) is 11.1. The van der Waals surface area contributed by atoms with Crippen LogP contribution in [0.3, 0.4) is 0 Å². The van der Waals surface area contributed by atoms with Crippen molar-refractivity contribution in [3.8, 4) is 11.3 Å². The summed E-state index contributed by atoms with van der Waals surface area (Å²) in [6.07, 6.45) is -3.37. The van der Waals surface area contributed by atoms with Crippen molar-refractivity contribution in [2.75, 3.05) is 6.26 Å². The van der Waals surface area contributed by atoms with Gasteiger partial charge in [-0.15, -0.1) is 0 Å². The standard InChI is InChI=1S/C11H7F5N2O2S/c1-21(19,20)9-6(12)2-5(3-7(9)13)8-4-17-10(18-8)11(14,15)16/h2-4H,1H3,(H,17,18). The Bertz CT molecular complexity index is 772. The summed E-state index contributed by atoms with van der Waals surface area (Å²) in [6, 6.07) is 1.24. The predicted octanol–water partition coefficient (Wildman–Crippen LogP) is 2.78. The molecule has 0 aliphatic rings. The Morgan fingerprint density at radius 2 is 1.67 bits per heavy atom. The molecule has 0 saturated heterocycles. The Hall–Kier alpha value is -1.97. The molecule has 4 nitrogen and oxygen atoms in total. The van der Waals surface area contributed by atoms with Gasteiger partial charge in [0.05, 0.1) is 11.9 Å². The number of nitrogens with zero attached hydrogens (tertiary/aromatic N) is 1. The van der Waals surface area contributed by atoms with Crippen molar-refractivity contribution in [2.45, 2.75) is 11.1 Å². The molecule has 1 aromatic carbocycles. The smallest absolute Gasteiger partial charge is 0.334 e. The first-order chi connectivity index (χ1) is 9.50. The molecule has 0 radical (unpaired) electrons. The third-order valence-electron chi connectivity index (χ3n) is 2.52. The highest BCUT2D eigenvalue weighted by Gasteiger charge is 2.34. The average molecular weight is 326 g/mol. The Morgan fingerprint density at radius 1 is 1.14 bits per heavy atom. The van der Waals surface area contributed by atoms with Crippen LogP contribution in [-0.4, -0.2) is 24.6 Å². The van der Waals surface area contributed by atoms with Gasteiger partial charge < -0.3 is 4.98 Å². The van der Waals surface area contributed by atoms with Gasteiger partial charge >= 0.3 is 6.18 Å². The van der Waals surface area contributed by atoms with E-state index in [-0.39, 0.29) is 11.3 Å². The molecule has 0 spiro atoms. The predicted molar refractivity (Wildman–Crippen MR) is 62.1 cm³/mol. The monoisotopic (exact) mass is 326 g/mol. The molecule has 0 aliphatic carbocycles. The number of hydrogen-bond acceptors (Lipinski definition) is 3. The summed E-state index contributed by atoms with van der Waals surface area (Å²) in [7, 11) is -4.14. The van der Waals surface area contributed by atoms with Gasteiger partial charge in [-0.25, -0.2) is 22.2 Å². The molecule has 2 aromatic rings. The van der Waals surface area contributed by atoms with Gasteiger partial charge in [-0.3, -0.25) is 0 Å². The third-order valence-corrected chi connectivity index (χ3v) is 3.66. The maximum absolute atomic E-state index is 13.7. The van der Waals surface area contributed by atoms with E-state index in [1.54, 1.807) is 0 Å². The lowest BCUT2D eigenvalue weighted by atomic mass is 10.1. The van der Waals surface area contributed by atoms with Gasteiger partial charge in [-0.1, -0.05) is 0 Å². The topological polar surface area (TPSA) is 62.8 Å². The van der Waals surface area contributed by atoms with E-state index in [4.69, 9.17) is 0 Å². The van der Waals surface area contributed by atoms with E-state index >= 15 is 0 Å². The fraction of sp³-hybridized carbons (Fsp3) is 0.182. The van der Waals surface area contributed by atoms with Gasteiger partial charge in [0.15, 0.2) is 9.84 Å². The number of imidazole rings is 1. The number of H-pyrrole nitrogens is 1. The fourth-order valence-electron chi connectivity index (χ4n) is 1.68. The Labute approximate surface area is 115 Å². The lowest BCUT2D eigenvalue weighted by molar-refractivity contribution is -0.144. The molecule has 0 unspecified atom stereocenters. The highest BCUT2D eigenvalue weighted by Crippen LogP contribution is 2.30. The lowest BCUT2D eigenvalue weighted by Gasteiger charge is -2.05. The molecular formula is C11H7F5N2O2S. The first-order valence-electron chi connectivity index (χ1n) is 5.32. The first kappa shape index (κ1) is 15.4. The van der Waals surface area contributed by atoms with Crippen molar-refractivity contribution >= 4 is 9.84 Å². The molecule has 10 heteroatoms. The third kappa shape index (κ3) is 3.04. The summed E-state index contributed by atoms with van der Waals surface area (Å²) in [5.41, 5.74) is -0.583. The minimum absolute atomic E-state index is 0.291. The van der Waals surface area contributed by atoms with Crippen molar-refractivity contribution in [1.29, 1.82) is 0 Å². The SMILES string of the molecule is CS(=O)(=O)c1c(F)cc(-c2cnc(C(F)(F)F)[nH]2)cc1F. The van der Waals surface area contributed by atoms with Crippen LogP contribution in [0.15, 0.2) is 23.2 Å². The van der Waals surface area contributed by atoms with Gasteiger partial charge in [0, 0.05) is 11.8 Å². The molecule has 0 fully saturated rings. The second kappa shape index (κ2) is 4.79. The fourth-order valence-corrected chi connectivity index (χ4v) is 2.51. The first-order valence-corrected chi connectivity index (χ1v) is 7.21. The van der Waals surface area contributed by atoms with Crippen LogP contribution in [-0.2, 0) is 16.0 Å². The van der Waals surface area contributed by atoms with E-state index in [1.165, 1.54) is 0 Å². The molecule has 1 N–H and O–H groups in total. The molecule has 2 rings (SSSR count). The quantitative estimate of drug-likeness (QED) is 0.863. The van der Waals surface area contributed by atoms with E-state index in [0.717, 1.165) is 6.20 Å². The number of halogens is 5. The van der Waals surface area contributed by atoms with Crippen molar-refractivity contribution in [3.05, 3.63) is 35.8 Å². The summed E-state index contributed by atoms with van der Waals surface area (Å²) < 4.78 is 86.9. The van der Waals surface area contributed by atoms with E-state index in [0.29, 0.717) is 18.4 Å². The molecule has 0 aliphatic heterocycles. The van der Waals surface area contributed by atoms with E-state index in [2.05, 4.69) is 4.98 Å². The van der Waals surface area contributed by atoms with Crippen molar-refractivity contribution in [2.24, 2.45) is 0 Å². The Morgan fingerprint density at radius 3 is 2.05 bits per heavy atom. The van der Waals surface area contributed by atoms with Gasteiger partial charge in [-0.2, -0.15) is 13.2 Å². The highest BCUT2D eigenvalue weighted by molar-refractivity contribution is 7.90. The lowest BCUT2D eigenvalue weighted by Crippen LogP contribution is -2.07. The normalized spacial score (nSPS) is 12.7. The van der Waals surface area contributed by atoms with E-state index in [9.17, 15) is 30.4 Å². The summed E-state index contributed by atoms with van der Waals surface area (Å²) in [6.45, 7) is 0. The maximum Gasteiger partial charge on any atom is 0.449 e. The number of nitrogens with one attached hydrogen (secondary N) is 1. The number of benzene rings is 1. The number of sulfone groups is 1. The number of alkyl halides is 3. The Kier molecular flexibility index (Phi) is 3.52. The number of aromatic nitrogens is 2. The van der Waals surface area contributed by atoms with Crippen LogP contribution in [0.25, 0.3) is 11.3 Å². The minimum Gasteiger partial charge on any atom is -0.334 e. The largest absolute Gasteiger partial charge is 0.449 e. The van der Waals surface area contributed by atoms with Crippen molar-refractivity contribution < 1.29 is 30.4 Å². The van der Waals surface area contributed by atoms with Crippen LogP contribution >= 0.6 is 0 Å². The summed E-state index contributed by atoms with van der Waals surface area (Å²) >= 11 is 0. The molecule has 0 bridgehead atoms. The Balaban J connectivity index is 2.55. The van der Waals surface area contributed by atoms with Crippen molar-refractivity contribution in [1.82, 2.24) is 9.97 Å². The van der Waals surface area contributed by atoms with Crippen LogP contribution in [0.5, 0.6) is 0 Å². The number of hydrogen-bond donors (Lipinski definition) is 1. The van der Waals surface area contributed by atoms with Crippen LogP contribution in [0.1, 0.15) is 5.82 Å². The number of aromatic amines is 1. The maximum atomic E-state index is 13.7. The zero-order chi connectivity index (χ0) is 16.0. The van der Waals surface area contributed by atoms with Crippen LogP contribution in [0, 0.1) is 11.6 Å². The minimum atomic E-state index is -4.73. The summed E-state index contributed by atoms with van der Waals surface area (Å²) in [5.74, 6) is -4.11. The van der Waals surface area contributed by atoms with Gasteiger partial charge in [-0.05, 0) is 12.1 Å². The summed E-state index contributed by atoms with van der Waals surface area (Å²) in [4.78, 5) is 3.78. The highest BCUT2D eigenvalue weighted by atomic mass is 32.2.